The highest BCUT2D eigenvalue weighted by Crippen LogP contribution is 2.63. The fourth-order valence-electron chi connectivity index (χ4n) is 4.82. The monoisotopic (exact) mass is 194 g/mol. The molecule has 0 saturated heterocycles. The van der Waals surface area contributed by atoms with E-state index in [0.29, 0.717) is 11.8 Å². The summed E-state index contributed by atoms with van der Waals surface area (Å²) in [6.07, 6.45) is 6.73. The van der Waals surface area contributed by atoms with E-state index in [2.05, 4.69) is 13.8 Å². The smallest absolute Gasteiger partial charge is 0.0704 e. The fraction of sp³-hybridized carbons (Fsp3) is 1.00. The van der Waals surface area contributed by atoms with Crippen LogP contribution < -0.4 is 0 Å². The first kappa shape index (κ1) is 9.21. The molecule has 1 heteroatoms. The molecule has 1 nitrogen and oxygen atoms in total. The third-order valence-corrected chi connectivity index (χ3v) is 5.53. The van der Waals surface area contributed by atoms with Gasteiger partial charge in [-0.25, -0.2) is 0 Å². The molecule has 0 aliphatic heterocycles. The molecule has 0 aromatic carbocycles. The van der Waals surface area contributed by atoms with Gasteiger partial charge in [-0.2, -0.15) is 0 Å². The van der Waals surface area contributed by atoms with E-state index in [1.807, 2.05) is 0 Å². The zero-order valence-electron chi connectivity index (χ0n) is 9.37. The predicted molar refractivity (Wildman–Crippen MR) is 56.8 cm³/mol. The summed E-state index contributed by atoms with van der Waals surface area (Å²) in [6, 6.07) is 0. The summed E-state index contributed by atoms with van der Waals surface area (Å²) >= 11 is 0. The Bertz CT molecular complexity index is 248. The van der Waals surface area contributed by atoms with Crippen LogP contribution in [0.4, 0.5) is 0 Å². The third kappa shape index (κ3) is 0.946. The summed E-state index contributed by atoms with van der Waals surface area (Å²) in [5.41, 5.74) is -0.295. The van der Waals surface area contributed by atoms with Crippen molar-refractivity contribution < 1.29 is 5.11 Å². The van der Waals surface area contributed by atoms with Crippen molar-refractivity contribution in [2.24, 2.45) is 29.6 Å². The maximum Gasteiger partial charge on any atom is 0.0704 e. The molecule has 0 aromatic rings. The molecule has 5 atom stereocenters. The normalized spacial score (nSPS) is 55.7. The molecule has 0 amide bonds. The van der Waals surface area contributed by atoms with Crippen LogP contribution in [0.1, 0.15) is 46.0 Å². The van der Waals surface area contributed by atoms with Crippen LogP contribution in [0.15, 0.2) is 0 Å². The van der Waals surface area contributed by atoms with Gasteiger partial charge in [0.25, 0.3) is 0 Å². The lowest BCUT2D eigenvalue weighted by Gasteiger charge is -2.41. The first-order valence-corrected chi connectivity index (χ1v) is 6.35. The first-order valence-electron chi connectivity index (χ1n) is 6.35. The first-order chi connectivity index (χ1) is 6.63. The molecule has 3 saturated carbocycles. The van der Waals surface area contributed by atoms with Gasteiger partial charge < -0.3 is 5.11 Å². The Morgan fingerprint density at radius 2 is 1.93 bits per heavy atom. The maximum absolute atomic E-state index is 10.7. The van der Waals surface area contributed by atoms with E-state index in [4.69, 9.17) is 0 Å². The van der Waals surface area contributed by atoms with E-state index < -0.39 is 0 Å². The molecule has 0 radical (unpaired) electrons. The minimum Gasteiger partial charge on any atom is -0.389 e. The van der Waals surface area contributed by atoms with Crippen molar-refractivity contribution in [3.8, 4) is 0 Å². The van der Waals surface area contributed by atoms with Crippen LogP contribution in [0.5, 0.6) is 0 Å². The number of hydrogen-bond acceptors (Lipinski definition) is 1. The van der Waals surface area contributed by atoms with Gasteiger partial charge in [0, 0.05) is 0 Å². The summed E-state index contributed by atoms with van der Waals surface area (Å²) in [5.74, 6) is 3.87. The van der Waals surface area contributed by atoms with Gasteiger partial charge in [-0.3, -0.25) is 0 Å². The van der Waals surface area contributed by atoms with Crippen LogP contribution in [0.25, 0.3) is 0 Å². The Hall–Kier alpha value is -0.0400. The van der Waals surface area contributed by atoms with Crippen molar-refractivity contribution in [3.63, 3.8) is 0 Å². The van der Waals surface area contributed by atoms with Crippen molar-refractivity contribution >= 4 is 0 Å². The average molecular weight is 194 g/mol. The molecule has 0 aromatic heterocycles. The maximum atomic E-state index is 10.7. The molecule has 1 N–H and O–H groups in total. The van der Waals surface area contributed by atoms with Gasteiger partial charge in [-0.15, -0.1) is 0 Å². The van der Waals surface area contributed by atoms with E-state index in [0.717, 1.165) is 24.2 Å². The molecule has 0 spiro atoms. The van der Waals surface area contributed by atoms with Gasteiger partial charge in [-0.1, -0.05) is 20.3 Å². The Kier molecular flexibility index (Phi) is 1.81. The van der Waals surface area contributed by atoms with Crippen molar-refractivity contribution in [3.05, 3.63) is 0 Å². The summed E-state index contributed by atoms with van der Waals surface area (Å²) in [6.45, 7) is 4.40. The van der Waals surface area contributed by atoms with Crippen LogP contribution in [0, 0.1) is 29.6 Å². The number of rotatable bonds is 1. The number of hydrogen-bond donors (Lipinski definition) is 1. The second-order valence-electron chi connectivity index (χ2n) is 6.21. The number of aliphatic hydroxyl groups is 1. The van der Waals surface area contributed by atoms with Gasteiger partial charge in [0.2, 0.25) is 0 Å². The van der Waals surface area contributed by atoms with Crippen molar-refractivity contribution in [1.29, 1.82) is 0 Å². The largest absolute Gasteiger partial charge is 0.389 e. The molecule has 2 bridgehead atoms. The predicted octanol–water partition coefficient (Wildman–Crippen LogP) is 2.83. The molecule has 3 aliphatic carbocycles. The van der Waals surface area contributed by atoms with E-state index in [9.17, 15) is 5.11 Å². The van der Waals surface area contributed by atoms with Crippen LogP contribution >= 0.6 is 0 Å². The highest BCUT2D eigenvalue weighted by Gasteiger charge is 2.60. The zero-order chi connectivity index (χ0) is 9.92. The van der Waals surface area contributed by atoms with Crippen molar-refractivity contribution in [1.82, 2.24) is 0 Å². The fourth-order valence-corrected chi connectivity index (χ4v) is 4.82. The summed E-state index contributed by atoms with van der Waals surface area (Å²) in [5, 5.41) is 10.7. The Morgan fingerprint density at radius 1 is 1.21 bits per heavy atom. The van der Waals surface area contributed by atoms with Gasteiger partial charge in [-0.05, 0) is 55.3 Å². The van der Waals surface area contributed by atoms with E-state index in [1.165, 1.54) is 25.7 Å². The van der Waals surface area contributed by atoms with Crippen LogP contribution in [-0.2, 0) is 0 Å². The molecule has 3 aliphatic rings. The Labute approximate surface area is 86.9 Å². The highest BCUT2D eigenvalue weighted by atomic mass is 16.3. The van der Waals surface area contributed by atoms with Gasteiger partial charge in [0.1, 0.15) is 0 Å². The minimum absolute atomic E-state index is 0.295. The molecule has 3 fully saturated rings. The molecular formula is C13H22O. The standard InChI is InChI=1S/C13H22O/c1-8(2)13(14)7-9-6-12(13)11-5-3-4-10(9)11/h8-12,14H,3-7H2,1-2H3. The zero-order valence-corrected chi connectivity index (χ0v) is 9.37. The molecular weight excluding hydrogens is 172 g/mol. The second-order valence-corrected chi connectivity index (χ2v) is 6.21. The summed E-state index contributed by atoms with van der Waals surface area (Å²) in [4.78, 5) is 0. The third-order valence-electron chi connectivity index (χ3n) is 5.53. The lowest BCUT2D eigenvalue weighted by Crippen LogP contribution is -2.45. The second kappa shape index (κ2) is 2.75. The average Bonchev–Trinajstić information content (AvgIpc) is 2.71. The molecule has 14 heavy (non-hydrogen) atoms. The van der Waals surface area contributed by atoms with E-state index in [-0.39, 0.29) is 5.60 Å². The molecule has 80 valence electrons. The van der Waals surface area contributed by atoms with Crippen LogP contribution in [0.2, 0.25) is 0 Å². The van der Waals surface area contributed by atoms with Crippen molar-refractivity contribution in [2.75, 3.05) is 0 Å². The summed E-state index contributed by atoms with van der Waals surface area (Å²) < 4.78 is 0. The van der Waals surface area contributed by atoms with Gasteiger partial charge >= 0.3 is 0 Å². The molecule has 0 heterocycles. The van der Waals surface area contributed by atoms with E-state index in [1.54, 1.807) is 0 Å². The highest BCUT2D eigenvalue weighted by molar-refractivity contribution is 5.10. The SMILES string of the molecule is CC(C)C1(O)CC2CC1C1CCCC21. The van der Waals surface area contributed by atoms with Gasteiger partial charge in [0.05, 0.1) is 5.60 Å². The van der Waals surface area contributed by atoms with E-state index >= 15 is 0 Å². The Morgan fingerprint density at radius 3 is 2.64 bits per heavy atom. The lowest BCUT2D eigenvalue weighted by molar-refractivity contribution is -0.0804. The summed E-state index contributed by atoms with van der Waals surface area (Å²) in [7, 11) is 0. The minimum atomic E-state index is -0.295. The Balaban J connectivity index is 1.89. The van der Waals surface area contributed by atoms with Crippen LogP contribution in [-0.4, -0.2) is 10.7 Å². The van der Waals surface area contributed by atoms with Crippen LogP contribution in [0.3, 0.4) is 0 Å². The molecule has 3 rings (SSSR count). The van der Waals surface area contributed by atoms with Crippen molar-refractivity contribution in [2.45, 2.75) is 51.6 Å². The quantitative estimate of drug-likeness (QED) is 0.680. The lowest BCUT2D eigenvalue weighted by atomic mass is 9.68. The molecule has 5 unspecified atom stereocenters. The topological polar surface area (TPSA) is 20.2 Å². The van der Waals surface area contributed by atoms with Gasteiger partial charge in [0.15, 0.2) is 0 Å². The number of fused-ring (bicyclic) bond motifs is 5.